The van der Waals surface area contributed by atoms with E-state index in [0.717, 1.165) is 21.5 Å². The Morgan fingerprint density at radius 1 is 1.19 bits per heavy atom. The summed E-state index contributed by atoms with van der Waals surface area (Å²) in [6.45, 7) is 2.56. The third-order valence-corrected chi connectivity index (χ3v) is 4.00. The zero-order valence-corrected chi connectivity index (χ0v) is 14.7. The van der Waals surface area contributed by atoms with E-state index >= 15 is 0 Å². The zero-order chi connectivity index (χ0) is 15.2. The topological polar surface area (TPSA) is 38.3 Å². The molecule has 0 spiro atoms. The van der Waals surface area contributed by atoms with Gasteiger partial charge in [-0.15, -0.1) is 0 Å². The van der Waals surface area contributed by atoms with Crippen LogP contribution in [0.25, 0.3) is 0 Å². The number of hydrogen-bond donors (Lipinski definition) is 1. The molecule has 0 heterocycles. The fourth-order valence-corrected chi connectivity index (χ4v) is 2.57. The van der Waals surface area contributed by atoms with Gasteiger partial charge in [-0.2, -0.15) is 0 Å². The van der Waals surface area contributed by atoms with Gasteiger partial charge in [-0.3, -0.25) is 4.79 Å². The molecule has 3 nitrogen and oxygen atoms in total. The molecule has 5 heteroatoms. The second-order valence-electron chi connectivity index (χ2n) is 4.35. The van der Waals surface area contributed by atoms with Crippen molar-refractivity contribution in [3.63, 3.8) is 0 Å². The van der Waals surface area contributed by atoms with Crippen molar-refractivity contribution >= 4 is 43.5 Å². The van der Waals surface area contributed by atoms with E-state index in [1.54, 1.807) is 12.1 Å². The number of nitrogens with one attached hydrogen (secondary N) is 1. The quantitative estimate of drug-likeness (QED) is 0.702. The highest BCUT2D eigenvalue weighted by molar-refractivity contribution is 9.10. The lowest BCUT2D eigenvalue weighted by atomic mass is 10.1. The second kappa shape index (κ2) is 7.61. The number of alkyl halides is 1. The molecule has 0 unspecified atom stereocenters. The van der Waals surface area contributed by atoms with Crippen molar-refractivity contribution in [2.24, 2.45) is 0 Å². The molecule has 0 aliphatic carbocycles. The SMILES string of the molecule is CCOc1ccc(NC(=O)c2ccc(Br)cc2)cc1CBr. The van der Waals surface area contributed by atoms with Crippen molar-refractivity contribution in [3.05, 3.63) is 58.1 Å². The molecule has 0 aliphatic heterocycles. The van der Waals surface area contributed by atoms with E-state index in [1.807, 2.05) is 37.3 Å². The number of carbonyl (C=O) groups is 1. The monoisotopic (exact) mass is 411 g/mol. The highest BCUT2D eigenvalue weighted by atomic mass is 79.9. The third kappa shape index (κ3) is 4.32. The van der Waals surface area contributed by atoms with E-state index in [2.05, 4.69) is 37.2 Å². The van der Waals surface area contributed by atoms with Gasteiger partial charge in [0.2, 0.25) is 0 Å². The first-order valence-electron chi connectivity index (χ1n) is 6.52. The fraction of sp³-hybridized carbons (Fsp3) is 0.188. The summed E-state index contributed by atoms with van der Waals surface area (Å²) in [7, 11) is 0. The minimum atomic E-state index is -0.132. The van der Waals surface area contributed by atoms with Crippen LogP contribution in [0.5, 0.6) is 5.75 Å². The van der Waals surface area contributed by atoms with Crippen LogP contribution in [0, 0.1) is 0 Å². The Morgan fingerprint density at radius 2 is 1.90 bits per heavy atom. The molecular formula is C16H15Br2NO2. The van der Waals surface area contributed by atoms with Gasteiger partial charge in [-0.05, 0) is 49.4 Å². The Balaban J connectivity index is 2.15. The highest BCUT2D eigenvalue weighted by Gasteiger charge is 2.08. The lowest BCUT2D eigenvalue weighted by molar-refractivity contribution is 0.102. The fourth-order valence-electron chi connectivity index (χ4n) is 1.86. The molecule has 110 valence electrons. The Hall–Kier alpha value is -1.33. The van der Waals surface area contributed by atoms with E-state index in [1.165, 1.54) is 0 Å². The normalized spacial score (nSPS) is 10.2. The first kappa shape index (κ1) is 16.0. The summed E-state index contributed by atoms with van der Waals surface area (Å²) in [5.74, 6) is 0.697. The van der Waals surface area contributed by atoms with Crippen LogP contribution in [0.15, 0.2) is 46.9 Å². The molecule has 2 rings (SSSR count). The van der Waals surface area contributed by atoms with Crippen LogP contribution in [0.3, 0.4) is 0 Å². The highest BCUT2D eigenvalue weighted by Crippen LogP contribution is 2.25. The van der Waals surface area contributed by atoms with Crippen LogP contribution in [0.1, 0.15) is 22.8 Å². The number of rotatable bonds is 5. The average molecular weight is 413 g/mol. The lowest BCUT2D eigenvalue weighted by Crippen LogP contribution is -2.12. The first-order chi connectivity index (χ1) is 10.1. The van der Waals surface area contributed by atoms with Crippen LogP contribution in [0.2, 0.25) is 0 Å². The van der Waals surface area contributed by atoms with Gasteiger partial charge in [0.15, 0.2) is 0 Å². The summed E-state index contributed by atoms with van der Waals surface area (Å²) in [5.41, 5.74) is 2.37. The maximum atomic E-state index is 12.2. The van der Waals surface area contributed by atoms with Crippen molar-refractivity contribution in [1.82, 2.24) is 0 Å². The maximum absolute atomic E-state index is 12.2. The lowest BCUT2D eigenvalue weighted by Gasteiger charge is -2.11. The van der Waals surface area contributed by atoms with Crippen molar-refractivity contribution in [2.45, 2.75) is 12.3 Å². The van der Waals surface area contributed by atoms with Crippen molar-refractivity contribution in [1.29, 1.82) is 0 Å². The van der Waals surface area contributed by atoms with Gasteiger partial charge in [-0.25, -0.2) is 0 Å². The van der Waals surface area contributed by atoms with E-state index < -0.39 is 0 Å². The summed E-state index contributed by atoms with van der Waals surface area (Å²) in [6, 6.07) is 12.9. The van der Waals surface area contributed by atoms with Gasteiger partial charge in [0.05, 0.1) is 6.61 Å². The van der Waals surface area contributed by atoms with Gasteiger partial charge < -0.3 is 10.1 Å². The number of amides is 1. The van der Waals surface area contributed by atoms with Crippen molar-refractivity contribution < 1.29 is 9.53 Å². The summed E-state index contributed by atoms with van der Waals surface area (Å²) in [5, 5.41) is 3.56. The number of ether oxygens (including phenoxy) is 1. The third-order valence-electron chi connectivity index (χ3n) is 2.87. The molecule has 1 N–H and O–H groups in total. The van der Waals surface area contributed by atoms with Gasteiger partial charge in [0.1, 0.15) is 5.75 Å². The number of halogens is 2. The Bertz CT molecular complexity index is 627. The van der Waals surface area contributed by atoms with E-state index in [-0.39, 0.29) is 5.91 Å². The van der Waals surface area contributed by atoms with Crippen LogP contribution in [-0.2, 0) is 5.33 Å². The Labute approximate surface area is 141 Å². The minimum Gasteiger partial charge on any atom is -0.494 e. The summed E-state index contributed by atoms with van der Waals surface area (Å²) in [6.07, 6.45) is 0. The molecule has 0 atom stereocenters. The van der Waals surface area contributed by atoms with E-state index in [9.17, 15) is 4.79 Å². The summed E-state index contributed by atoms with van der Waals surface area (Å²) in [4.78, 5) is 12.2. The number of hydrogen-bond acceptors (Lipinski definition) is 2. The summed E-state index contributed by atoms with van der Waals surface area (Å²) >= 11 is 6.79. The largest absolute Gasteiger partial charge is 0.494 e. The van der Waals surface area contributed by atoms with Crippen molar-refractivity contribution in [2.75, 3.05) is 11.9 Å². The van der Waals surface area contributed by atoms with Gasteiger partial charge >= 0.3 is 0 Å². The zero-order valence-electron chi connectivity index (χ0n) is 11.5. The standard InChI is InChI=1S/C16H15Br2NO2/c1-2-21-15-8-7-14(9-12(15)10-17)19-16(20)11-3-5-13(18)6-4-11/h3-9H,2,10H2,1H3,(H,19,20). The average Bonchev–Trinajstić information content (AvgIpc) is 2.49. The predicted octanol–water partition coefficient (Wildman–Crippen LogP) is 5.00. The number of carbonyl (C=O) groups excluding carboxylic acids is 1. The molecule has 2 aromatic carbocycles. The second-order valence-corrected chi connectivity index (χ2v) is 5.83. The van der Waals surface area contributed by atoms with Crippen LogP contribution in [-0.4, -0.2) is 12.5 Å². The molecule has 2 aromatic rings. The van der Waals surface area contributed by atoms with Crippen LogP contribution >= 0.6 is 31.9 Å². The molecular weight excluding hydrogens is 398 g/mol. The minimum absolute atomic E-state index is 0.132. The van der Waals surface area contributed by atoms with Gasteiger partial charge in [0, 0.05) is 26.6 Å². The number of anilines is 1. The number of benzene rings is 2. The van der Waals surface area contributed by atoms with Gasteiger partial charge in [-0.1, -0.05) is 31.9 Å². The molecule has 0 saturated heterocycles. The van der Waals surface area contributed by atoms with E-state index in [0.29, 0.717) is 17.5 Å². The molecule has 21 heavy (non-hydrogen) atoms. The molecule has 0 bridgehead atoms. The first-order valence-corrected chi connectivity index (χ1v) is 8.44. The van der Waals surface area contributed by atoms with E-state index in [4.69, 9.17) is 4.74 Å². The van der Waals surface area contributed by atoms with Crippen LogP contribution < -0.4 is 10.1 Å². The Kier molecular flexibility index (Phi) is 5.82. The maximum Gasteiger partial charge on any atom is 0.255 e. The predicted molar refractivity (Wildman–Crippen MR) is 92.3 cm³/mol. The molecule has 0 fully saturated rings. The molecule has 0 radical (unpaired) electrons. The summed E-state index contributed by atoms with van der Waals surface area (Å²) < 4.78 is 6.48. The van der Waals surface area contributed by atoms with Crippen LogP contribution in [0.4, 0.5) is 5.69 Å². The molecule has 0 aliphatic rings. The molecule has 1 amide bonds. The van der Waals surface area contributed by atoms with Crippen molar-refractivity contribution in [3.8, 4) is 5.75 Å². The smallest absolute Gasteiger partial charge is 0.255 e. The molecule has 0 aromatic heterocycles. The molecule has 0 saturated carbocycles. The Morgan fingerprint density at radius 3 is 2.52 bits per heavy atom. The van der Waals surface area contributed by atoms with Gasteiger partial charge in [0.25, 0.3) is 5.91 Å².